The van der Waals surface area contributed by atoms with Gasteiger partial charge >= 0.3 is 0 Å². The Morgan fingerprint density at radius 2 is 1.71 bits per heavy atom. The molecular weight excluding hydrogens is 374 g/mol. The van der Waals surface area contributed by atoms with Crippen molar-refractivity contribution in [3.05, 3.63) is 89.7 Å². The fourth-order valence-corrected chi connectivity index (χ4v) is 3.95. The molecule has 0 fully saturated rings. The third-order valence-electron chi connectivity index (χ3n) is 4.25. The minimum Gasteiger partial charge on any atom is -0.346 e. The Labute approximate surface area is 164 Å². The van der Waals surface area contributed by atoms with Crippen molar-refractivity contribution in [3.8, 4) is 0 Å². The lowest BCUT2D eigenvalue weighted by Crippen LogP contribution is -2.27. The fourth-order valence-electron chi connectivity index (χ4n) is 2.70. The molecule has 6 nitrogen and oxygen atoms in total. The smallest absolute Gasteiger partial charge is 0.264 e. The summed E-state index contributed by atoms with van der Waals surface area (Å²) in [5.41, 5.74) is 2.42. The zero-order valence-electron chi connectivity index (χ0n) is 15.7. The van der Waals surface area contributed by atoms with E-state index in [-0.39, 0.29) is 22.9 Å². The van der Waals surface area contributed by atoms with Gasteiger partial charge in [0.05, 0.1) is 22.8 Å². The van der Waals surface area contributed by atoms with Gasteiger partial charge in [0.25, 0.3) is 15.9 Å². The highest BCUT2D eigenvalue weighted by atomic mass is 32.2. The monoisotopic (exact) mass is 395 g/mol. The molecule has 28 heavy (non-hydrogen) atoms. The Morgan fingerprint density at radius 1 is 1.00 bits per heavy atom. The Hall–Kier alpha value is -3.19. The molecule has 0 saturated carbocycles. The number of nitrogens with zero attached hydrogens (tertiary/aromatic N) is 2. The second kappa shape index (κ2) is 8.22. The molecular formula is C21H21N3O3S. The minimum atomic E-state index is -3.78. The van der Waals surface area contributed by atoms with Gasteiger partial charge in [0.1, 0.15) is 0 Å². The number of carbonyl (C=O) groups is 1. The number of aromatic nitrogens is 1. The second-order valence-corrected chi connectivity index (χ2v) is 8.26. The van der Waals surface area contributed by atoms with Crippen LogP contribution in [0.4, 0.5) is 5.69 Å². The van der Waals surface area contributed by atoms with E-state index in [4.69, 9.17) is 0 Å². The first-order valence-electron chi connectivity index (χ1n) is 8.73. The summed E-state index contributed by atoms with van der Waals surface area (Å²) in [6.45, 7) is 2.14. The number of carbonyl (C=O) groups excluding carboxylic acids is 1. The zero-order valence-corrected chi connectivity index (χ0v) is 16.5. The van der Waals surface area contributed by atoms with Crippen molar-refractivity contribution in [1.29, 1.82) is 0 Å². The molecule has 0 aliphatic heterocycles. The Kier molecular flexibility index (Phi) is 5.75. The van der Waals surface area contributed by atoms with Gasteiger partial charge in [0.2, 0.25) is 0 Å². The quantitative estimate of drug-likeness (QED) is 0.695. The summed E-state index contributed by atoms with van der Waals surface area (Å²) in [7, 11) is -2.29. The summed E-state index contributed by atoms with van der Waals surface area (Å²) in [6.07, 6.45) is 0. The number of amides is 1. The van der Waals surface area contributed by atoms with E-state index in [1.807, 2.05) is 31.2 Å². The number of nitrogens with one attached hydrogen (secondary N) is 1. The molecule has 0 atom stereocenters. The van der Waals surface area contributed by atoms with Gasteiger partial charge in [0.15, 0.2) is 0 Å². The lowest BCUT2D eigenvalue weighted by Gasteiger charge is -2.19. The molecule has 3 rings (SSSR count). The molecule has 0 aliphatic rings. The van der Waals surface area contributed by atoms with E-state index < -0.39 is 10.0 Å². The van der Waals surface area contributed by atoms with E-state index in [1.54, 1.807) is 36.4 Å². The molecule has 0 bridgehead atoms. The maximum absolute atomic E-state index is 12.9. The van der Waals surface area contributed by atoms with Gasteiger partial charge in [-0.3, -0.25) is 14.1 Å². The Bertz CT molecular complexity index is 1080. The average molecular weight is 395 g/mol. The number of pyridine rings is 1. The molecule has 0 aliphatic carbocycles. The summed E-state index contributed by atoms with van der Waals surface area (Å²) in [5.74, 6) is -0.359. The Morgan fingerprint density at radius 3 is 2.43 bits per heavy atom. The number of sulfonamides is 1. The van der Waals surface area contributed by atoms with E-state index >= 15 is 0 Å². The molecule has 3 aromatic rings. The zero-order chi connectivity index (χ0) is 20.1. The first-order valence-corrected chi connectivity index (χ1v) is 10.2. The van der Waals surface area contributed by atoms with Crippen LogP contribution >= 0.6 is 0 Å². The number of hydrogen-bond donors (Lipinski definition) is 1. The number of para-hydroxylation sites is 1. The topological polar surface area (TPSA) is 79.4 Å². The van der Waals surface area contributed by atoms with E-state index in [9.17, 15) is 13.2 Å². The molecule has 2 aromatic carbocycles. The van der Waals surface area contributed by atoms with E-state index in [2.05, 4.69) is 10.3 Å². The first-order chi connectivity index (χ1) is 13.4. The highest BCUT2D eigenvalue weighted by molar-refractivity contribution is 7.92. The third-order valence-corrected chi connectivity index (χ3v) is 6.03. The van der Waals surface area contributed by atoms with Crippen molar-refractivity contribution in [2.75, 3.05) is 11.4 Å². The van der Waals surface area contributed by atoms with Crippen molar-refractivity contribution >= 4 is 21.6 Å². The summed E-state index contributed by atoms with van der Waals surface area (Å²) >= 11 is 0. The molecule has 7 heteroatoms. The summed E-state index contributed by atoms with van der Waals surface area (Å²) in [5, 5.41) is 2.77. The molecule has 1 heterocycles. The molecule has 0 unspecified atom stereocenters. The Balaban J connectivity index is 1.78. The van der Waals surface area contributed by atoms with Gasteiger partial charge in [-0.25, -0.2) is 8.42 Å². The number of anilines is 1. The second-order valence-electron chi connectivity index (χ2n) is 6.29. The maximum Gasteiger partial charge on any atom is 0.264 e. The van der Waals surface area contributed by atoms with Crippen LogP contribution in [0.1, 0.15) is 21.7 Å². The number of hydrogen-bond acceptors (Lipinski definition) is 4. The van der Waals surface area contributed by atoms with Gasteiger partial charge in [-0.05, 0) is 49.4 Å². The predicted molar refractivity (Wildman–Crippen MR) is 109 cm³/mol. The van der Waals surface area contributed by atoms with Crippen LogP contribution in [0.5, 0.6) is 0 Å². The number of aryl methyl sites for hydroxylation is 1. The normalized spacial score (nSPS) is 11.1. The predicted octanol–water partition coefficient (Wildman–Crippen LogP) is 3.15. The molecule has 1 N–H and O–H groups in total. The lowest BCUT2D eigenvalue weighted by atomic mass is 10.2. The van der Waals surface area contributed by atoms with Crippen molar-refractivity contribution in [3.63, 3.8) is 0 Å². The van der Waals surface area contributed by atoms with Gasteiger partial charge in [-0.15, -0.1) is 0 Å². The number of benzene rings is 2. The molecule has 1 aromatic heterocycles. The van der Waals surface area contributed by atoms with Crippen LogP contribution < -0.4 is 9.62 Å². The van der Waals surface area contributed by atoms with Crippen LogP contribution in [0.25, 0.3) is 0 Å². The van der Waals surface area contributed by atoms with Crippen molar-refractivity contribution < 1.29 is 13.2 Å². The molecule has 144 valence electrons. The van der Waals surface area contributed by atoms with E-state index in [1.165, 1.54) is 23.5 Å². The van der Waals surface area contributed by atoms with Crippen LogP contribution in [0, 0.1) is 6.92 Å². The molecule has 0 spiro atoms. The molecule has 1 amide bonds. The fraction of sp³-hybridized carbons (Fsp3) is 0.143. The molecule has 0 saturated heterocycles. The van der Waals surface area contributed by atoms with Gasteiger partial charge in [-0.1, -0.05) is 30.3 Å². The van der Waals surface area contributed by atoms with Crippen molar-refractivity contribution in [1.82, 2.24) is 10.3 Å². The van der Waals surface area contributed by atoms with Crippen LogP contribution in [0.15, 0.2) is 77.7 Å². The standard InChI is InChI=1S/C21H21N3O3S/c1-16-8-6-10-18(23-16)15-22-21(25)17-9-7-13-20(14-17)28(26,27)24(2)19-11-4-3-5-12-19/h3-14H,15H2,1-2H3,(H,22,25). The molecule has 0 radical (unpaired) electrons. The largest absolute Gasteiger partial charge is 0.346 e. The lowest BCUT2D eigenvalue weighted by molar-refractivity contribution is 0.0950. The summed E-state index contributed by atoms with van der Waals surface area (Å²) < 4.78 is 27.0. The van der Waals surface area contributed by atoms with Gasteiger partial charge in [-0.2, -0.15) is 0 Å². The van der Waals surface area contributed by atoms with Crippen LogP contribution in [-0.2, 0) is 16.6 Å². The highest BCUT2D eigenvalue weighted by Gasteiger charge is 2.22. The average Bonchev–Trinajstić information content (AvgIpc) is 2.72. The van der Waals surface area contributed by atoms with Crippen LogP contribution in [0.2, 0.25) is 0 Å². The van der Waals surface area contributed by atoms with E-state index in [0.717, 1.165) is 11.4 Å². The van der Waals surface area contributed by atoms with E-state index in [0.29, 0.717) is 5.69 Å². The maximum atomic E-state index is 12.9. The van der Waals surface area contributed by atoms with Crippen molar-refractivity contribution in [2.24, 2.45) is 0 Å². The summed E-state index contributed by atoms with van der Waals surface area (Å²) in [4.78, 5) is 16.9. The minimum absolute atomic E-state index is 0.0557. The van der Waals surface area contributed by atoms with Gasteiger partial charge in [0, 0.05) is 18.3 Å². The third kappa shape index (κ3) is 4.37. The van der Waals surface area contributed by atoms with Crippen LogP contribution in [0.3, 0.4) is 0 Å². The number of rotatable bonds is 6. The SMILES string of the molecule is Cc1cccc(CNC(=O)c2cccc(S(=O)(=O)N(C)c3ccccc3)c2)n1. The van der Waals surface area contributed by atoms with Crippen LogP contribution in [-0.4, -0.2) is 26.4 Å². The summed E-state index contributed by atoms with van der Waals surface area (Å²) in [6, 6.07) is 20.4. The van der Waals surface area contributed by atoms with Gasteiger partial charge < -0.3 is 5.32 Å². The highest BCUT2D eigenvalue weighted by Crippen LogP contribution is 2.22. The van der Waals surface area contributed by atoms with Crippen molar-refractivity contribution in [2.45, 2.75) is 18.4 Å². The first kappa shape index (κ1) is 19.6.